The standard InChI is InChI=1S/C28H32FNO3/c1-2-3-4-6-21-8-10-22(11-9-21)7-5-18-32-25-15-12-23(13-16-25)28(31)33-26-17-14-24(20-30)27(29)19-26/h5,7,12-17,19,21-22H,2-4,6,8-11,18H2,1H3/t21-,22-. The third-order valence-electron chi connectivity index (χ3n) is 6.22. The quantitative estimate of drug-likeness (QED) is 0.166. The smallest absolute Gasteiger partial charge is 0.343 e. The molecule has 1 aliphatic carbocycles. The van der Waals surface area contributed by atoms with E-state index in [1.165, 1.54) is 63.5 Å². The molecule has 4 nitrogen and oxygen atoms in total. The Morgan fingerprint density at radius 2 is 1.82 bits per heavy atom. The Balaban J connectivity index is 1.39. The lowest BCUT2D eigenvalue weighted by atomic mass is 9.79. The van der Waals surface area contributed by atoms with Crippen molar-refractivity contribution in [2.75, 3.05) is 6.61 Å². The summed E-state index contributed by atoms with van der Waals surface area (Å²) in [7, 11) is 0. The van der Waals surface area contributed by atoms with Crippen LogP contribution in [0, 0.1) is 29.0 Å². The molecule has 0 saturated heterocycles. The Morgan fingerprint density at radius 1 is 1.09 bits per heavy atom. The molecular weight excluding hydrogens is 417 g/mol. The van der Waals surface area contributed by atoms with Gasteiger partial charge in [-0.05, 0) is 73.9 Å². The Kier molecular flexibility index (Phi) is 9.50. The summed E-state index contributed by atoms with van der Waals surface area (Å²) in [6.45, 7) is 2.75. The lowest BCUT2D eigenvalue weighted by molar-refractivity contribution is 0.0734. The largest absolute Gasteiger partial charge is 0.490 e. The maximum absolute atomic E-state index is 13.7. The minimum atomic E-state index is -0.723. The van der Waals surface area contributed by atoms with Gasteiger partial charge in [0, 0.05) is 6.07 Å². The van der Waals surface area contributed by atoms with E-state index in [1.807, 2.05) is 0 Å². The van der Waals surface area contributed by atoms with Gasteiger partial charge in [0.15, 0.2) is 0 Å². The highest BCUT2D eigenvalue weighted by molar-refractivity contribution is 5.91. The molecule has 33 heavy (non-hydrogen) atoms. The van der Waals surface area contributed by atoms with Crippen molar-refractivity contribution in [1.82, 2.24) is 0 Å². The first-order valence-corrected chi connectivity index (χ1v) is 11.9. The second-order valence-corrected chi connectivity index (χ2v) is 8.68. The fourth-order valence-corrected chi connectivity index (χ4v) is 4.25. The van der Waals surface area contributed by atoms with E-state index in [0.29, 0.717) is 23.8 Å². The van der Waals surface area contributed by atoms with Gasteiger partial charge in [-0.2, -0.15) is 5.26 Å². The molecule has 0 aromatic heterocycles. The number of halogens is 1. The average molecular weight is 450 g/mol. The highest BCUT2D eigenvalue weighted by Gasteiger charge is 2.18. The zero-order valence-electron chi connectivity index (χ0n) is 19.3. The number of ether oxygens (including phenoxy) is 2. The number of hydrogen-bond acceptors (Lipinski definition) is 4. The first-order valence-electron chi connectivity index (χ1n) is 11.9. The predicted octanol–water partition coefficient (Wildman–Crippen LogP) is 7.24. The number of carbonyl (C=O) groups is 1. The number of benzene rings is 2. The van der Waals surface area contributed by atoms with E-state index in [2.05, 4.69) is 19.1 Å². The molecule has 0 unspecified atom stereocenters. The molecule has 0 atom stereocenters. The van der Waals surface area contributed by atoms with Crippen molar-refractivity contribution in [3.8, 4) is 17.6 Å². The minimum Gasteiger partial charge on any atom is -0.490 e. The fourth-order valence-electron chi connectivity index (χ4n) is 4.25. The molecule has 1 saturated carbocycles. The number of hydrogen-bond donors (Lipinski definition) is 0. The topological polar surface area (TPSA) is 59.3 Å². The van der Waals surface area contributed by atoms with E-state index in [-0.39, 0.29) is 11.3 Å². The van der Waals surface area contributed by atoms with Crippen LogP contribution in [0.2, 0.25) is 0 Å². The van der Waals surface area contributed by atoms with Gasteiger partial charge in [-0.25, -0.2) is 9.18 Å². The molecule has 0 heterocycles. The summed E-state index contributed by atoms with van der Waals surface area (Å²) in [6.07, 6.45) is 15.0. The number of nitrogens with zero attached hydrogens (tertiary/aromatic N) is 1. The maximum Gasteiger partial charge on any atom is 0.343 e. The predicted molar refractivity (Wildman–Crippen MR) is 127 cm³/mol. The van der Waals surface area contributed by atoms with E-state index in [4.69, 9.17) is 14.7 Å². The van der Waals surface area contributed by atoms with Crippen molar-refractivity contribution < 1.29 is 18.7 Å². The van der Waals surface area contributed by atoms with Crippen LogP contribution in [0.15, 0.2) is 54.6 Å². The summed E-state index contributed by atoms with van der Waals surface area (Å²) in [5.74, 6) is 0.964. The third-order valence-corrected chi connectivity index (χ3v) is 6.22. The fraction of sp³-hybridized carbons (Fsp3) is 0.429. The van der Waals surface area contributed by atoms with Gasteiger partial charge in [-0.1, -0.05) is 44.8 Å². The summed E-state index contributed by atoms with van der Waals surface area (Å²) in [6, 6.07) is 12.1. The SMILES string of the molecule is CCCCC[C@H]1CC[C@H](C=CCOc2ccc(C(=O)Oc3ccc(C#N)c(F)c3)cc2)CC1. The van der Waals surface area contributed by atoms with Crippen molar-refractivity contribution in [3.05, 3.63) is 71.6 Å². The van der Waals surface area contributed by atoms with Crippen LogP contribution >= 0.6 is 0 Å². The molecule has 0 radical (unpaired) electrons. The van der Waals surface area contributed by atoms with E-state index in [0.717, 1.165) is 12.0 Å². The third kappa shape index (κ3) is 7.75. The number of carbonyl (C=O) groups excluding carboxylic acids is 1. The van der Waals surface area contributed by atoms with E-state index in [9.17, 15) is 9.18 Å². The monoisotopic (exact) mass is 449 g/mol. The lowest BCUT2D eigenvalue weighted by Gasteiger charge is -2.26. The highest BCUT2D eigenvalue weighted by Crippen LogP contribution is 2.32. The van der Waals surface area contributed by atoms with Crippen LogP contribution < -0.4 is 9.47 Å². The van der Waals surface area contributed by atoms with Crippen molar-refractivity contribution in [3.63, 3.8) is 0 Å². The van der Waals surface area contributed by atoms with Gasteiger partial charge < -0.3 is 9.47 Å². The highest BCUT2D eigenvalue weighted by atomic mass is 19.1. The van der Waals surface area contributed by atoms with E-state index >= 15 is 0 Å². The van der Waals surface area contributed by atoms with Crippen molar-refractivity contribution in [2.24, 2.45) is 11.8 Å². The second-order valence-electron chi connectivity index (χ2n) is 8.68. The molecule has 2 aromatic rings. The number of rotatable bonds is 10. The minimum absolute atomic E-state index is 0.0527. The Morgan fingerprint density at radius 3 is 2.48 bits per heavy atom. The van der Waals surface area contributed by atoms with E-state index < -0.39 is 11.8 Å². The van der Waals surface area contributed by atoms with Crippen LogP contribution in [0.25, 0.3) is 0 Å². The Labute approximate surface area is 196 Å². The van der Waals surface area contributed by atoms with Gasteiger partial charge in [0.25, 0.3) is 0 Å². The van der Waals surface area contributed by atoms with Gasteiger partial charge in [0.2, 0.25) is 0 Å². The van der Waals surface area contributed by atoms with Gasteiger partial charge in [0.05, 0.1) is 11.1 Å². The number of unbranched alkanes of at least 4 members (excludes halogenated alkanes) is 2. The molecule has 5 heteroatoms. The molecule has 3 rings (SSSR count). The molecule has 174 valence electrons. The van der Waals surface area contributed by atoms with Crippen molar-refractivity contribution >= 4 is 5.97 Å². The molecule has 0 aliphatic heterocycles. The van der Waals surface area contributed by atoms with Crippen molar-refractivity contribution in [1.29, 1.82) is 5.26 Å². The molecule has 2 aromatic carbocycles. The van der Waals surface area contributed by atoms with Gasteiger partial charge in [-0.3, -0.25) is 0 Å². The zero-order chi connectivity index (χ0) is 23.5. The maximum atomic E-state index is 13.7. The number of nitriles is 1. The first kappa shape index (κ1) is 24.5. The van der Waals surface area contributed by atoms with Crippen LogP contribution in [0.1, 0.15) is 74.2 Å². The molecule has 0 spiro atoms. The Bertz CT molecular complexity index is 970. The Hall–Kier alpha value is -3.13. The average Bonchev–Trinajstić information content (AvgIpc) is 2.83. The summed E-state index contributed by atoms with van der Waals surface area (Å²) in [4.78, 5) is 12.3. The normalized spacial score (nSPS) is 18.1. The molecule has 1 fully saturated rings. The molecular formula is C28H32FNO3. The summed E-state index contributed by atoms with van der Waals surface area (Å²) in [5.41, 5.74) is 0.235. The molecule has 1 aliphatic rings. The van der Waals surface area contributed by atoms with Crippen LogP contribution in [-0.4, -0.2) is 12.6 Å². The van der Waals surface area contributed by atoms with Gasteiger partial charge in [-0.15, -0.1) is 0 Å². The van der Waals surface area contributed by atoms with Crippen LogP contribution in [0.5, 0.6) is 11.5 Å². The second kappa shape index (κ2) is 12.8. The van der Waals surface area contributed by atoms with E-state index in [1.54, 1.807) is 30.3 Å². The van der Waals surface area contributed by atoms with Crippen LogP contribution in [0.3, 0.4) is 0 Å². The van der Waals surface area contributed by atoms with Crippen LogP contribution in [0.4, 0.5) is 4.39 Å². The van der Waals surface area contributed by atoms with Crippen molar-refractivity contribution in [2.45, 2.75) is 58.3 Å². The van der Waals surface area contributed by atoms with Crippen LogP contribution in [-0.2, 0) is 0 Å². The van der Waals surface area contributed by atoms with Gasteiger partial charge >= 0.3 is 5.97 Å². The zero-order valence-corrected chi connectivity index (χ0v) is 19.3. The number of esters is 1. The molecule has 0 amide bonds. The summed E-state index contributed by atoms with van der Waals surface area (Å²) >= 11 is 0. The molecule has 0 bridgehead atoms. The first-order chi connectivity index (χ1) is 16.1. The summed E-state index contributed by atoms with van der Waals surface area (Å²) in [5, 5.41) is 8.77. The summed E-state index contributed by atoms with van der Waals surface area (Å²) < 4.78 is 24.6. The lowest BCUT2D eigenvalue weighted by Crippen LogP contribution is -2.13. The number of allylic oxidation sites excluding steroid dienone is 1. The van der Waals surface area contributed by atoms with Gasteiger partial charge in [0.1, 0.15) is 30.0 Å². The molecule has 0 N–H and O–H groups in total.